The van der Waals surface area contributed by atoms with Crippen LogP contribution in [0, 0.1) is 13.8 Å². The lowest BCUT2D eigenvalue weighted by molar-refractivity contribution is 0.0953. The molecule has 1 heterocycles. The van der Waals surface area contributed by atoms with Gasteiger partial charge in [-0.25, -0.2) is 4.98 Å². The van der Waals surface area contributed by atoms with Crippen molar-refractivity contribution in [1.29, 1.82) is 0 Å². The second-order valence-electron chi connectivity index (χ2n) is 8.61. The van der Waals surface area contributed by atoms with E-state index in [1.54, 1.807) is 0 Å². The van der Waals surface area contributed by atoms with Crippen molar-refractivity contribution in [3.05, 3.63) is 99.3 Å². The van der Waals surface area contributed by atoms with Gasteiger partial charge in [0, 0.05) is 29.5 Å². The van der Waals surface area contributed by atoms with Gasteiger partial charge in [0.25, 0.3) is 5.91 Å². The number of aromatic nitrogens is 2. The minimum Gasteiger partial charge on any atom is -0.352 e. The molecule has 0 aliphatic carbocycles. The smallest absolute Gasteiger partial charge is 0.251 e. The van der Waals surface area contributed by atoms with Crippen molar-refractivity contribution < 1.29 is 4.79 Å². The number of hydrogen-bond acceptors (Lipinski definition) is 2. The van der Waals surface area contributed by atoms with Crippen LogP contribution in [0.2, 0.25) is 0 Å². The molecule has 0 radical (unpaired) electrons. The Morgan fingerprint density at radius 3 is 2.67 bits per heavy atom. The maximum Gasteiger partial charge on any atom is 0.251 e. The first-order chi connectivity index (χ1) is 16.0. The van der Waals surface area contributed by atoms with E-state index in [0.29, 0.717) is 12.1 Å². The zero-order valence-electron chi connectivity index (χ0n) is 19.3. The van der Waals surface area contributed by atoms with Gasteiger partial charge in [-0.05, 0) is 68.1 Å². The molecule has 0 spiro atoms. The summed E-state index contributed by atoms with van der Waals surface area (Å²) in [6, 6.07) is 22.5. The van der Waals surface area contributed by atoms with Gasteiger partial charge in [-0.3, -0.25) is 4.79 Å². The van der Waals surface area contributed by atoms with Gasteiger partial charge in [0.05, 0.1) is 11.0 Å². The highest BCUT2D eigenvalue weighted by Crippen LogP contribution is 2.21. The van der Waals surface area contributed by atoms with Crippen molar-refractivity contribution in [1.82, 2.24) is 14.9 Å². The topological polar surface area (TPSA) is 46.9 Å². The molecule has 0 fully saturated rings. The fourth-order valence-corrected chi connectivity index (χ4v) is 4.55. The van der Waals surface area contributed by atoms with E-state index in [2.05, 4.69) is 82.1 Å². The number of unbranched alkanes of at least 4 members (excludes halogenated alkanes) is 2. The molecule has 0 bridgehead atoms. The largest absolute Gasteiger partial charge is 0.352 e. The number of amides is 1. The summed E-state index contributed by atoms with van der Waals surface area (Å²) in [6.07, 6.45) is 3.98. The van der Waals surface area contributed by atoms with Crippen molar-refractivity contribution in [2.24, 2.45) is 0 Å². The quantitative estimate of drug-likeness (QED) is 0.261. The number of hydrogen-bond donors (Lipinski definition) is 1. The molecule has 1 N–H and O–H groups in total. The van der Waals surface area contributed by atoms with E-state index in [1.165, 1.54) is 22.2 Å². The number of para-hydroxylation sites is 2. The molecule has 1 aromatic heterocycles. The number of carbonyl (C=O) groups is 1. The summed E-state index contributed by atoms with van der Waals surface area (Å²) in [5.74, 6) is 1.11. The number of fused-ring (bicyclic) bond motifs is 1. The Bertz CT molecular complexity index is 1260. The fourth-order valence-electron chi connectivity index (χ4n) is 4.15. The van der Waals surface area contributed by atoms with Gasteiger partial charge >= 0.3 is 0 Å². The highest BCUT2D eigenvalue weighted by Gasteiger charge is 2.12. The Hall–Kier alpha value is -2.92. The van der Waals surface area contributed by atoms with E-state index in [0.717, 1.165) is 48.0 Å². The van der Waals surface area contributed by atoms with Crippen LogP contribution in [0.4, 0.5) is 0 Å². The Morgan fingerprint density at radius 2 is 1.82 bits per heavy atom. The van der Waals surface area contributed by atoms with Crippen molar-refractivity contribution in [3.63, 3.8) is 0 Å². The summed E-state index contributed by atoms with van der Waals surface area (Å²) < 4.78 is 3.28. The third-order valence-electron chi connectivity index (χ3n) is 6.02. The van der Waals surface area contributed by atoms with Crippen LogP contribution in [0.15, 0.2) is 71.2 Å². The lowest BCUT2D eigenvalue weighted by Crippen LogP contribution is -2.24. The minimum atomic E-state index is -0.0217. The molecule has 170 valence electrons. The molecule has 0 saturated carbocycles. The van der Waals surface area contributed by atoms with E-state index >= 15 is 0 Å². The molecule has 0 unspecified atom stereocenters. The van der Waals surface area contributed by atoms with Crippen molar-refractivity contribution in [3.8, 4) is 0 Å². The van der Waals surface area contributed by atoms with Gasteiger partial charge in [-0.15, -0.1) is 0 Å². The number of halogens is 1. The maximum atomic E-state index is 12.3. The molecule has 3 aromatic carbocycles. The number of benzene rings is 3. The average molecular weight is 504 g/mol. The predicted molar refractivity (Wildman–Crippen MR) is 139 cm³/mol. The van der Waals surface area contributed by atoms with Crippen LogP contribution < -0.4 is 5.32 Å². The van der Waals surface area contributed by atoms with Gasteiger partial charge in [-0.1, -0.05) is 64.3 Å². The number of aryl methyl sites for hydroxylation is 3. The van der Waals surface area contributed by atoms with E-state index in [1.807, 2.05) is 24.3 Å². The van der Waals surface area contributed by atoms with Crippen LogP contribution in [0.5, 0.6) is 0 Å². The molecule has 5 heteroatoms. The Kier molecular flexibility index (Phi) is 7.61. The standard InChI is InChI=1S/C28H30BrN3O/c1-20-14-15-21(2)23(17-20)19-32-26-12-6-5-11-25(26)31-27(32)13-4-3-7-16-30-28(33)22-9-8-10-24(29)18-22/h5-6,8-12,14-15,17-18H,3-4,7,13,16,19H2,1-2H3,(H,30,33). The summed E-state index contributed by atoms with van der Waals surface area (Å²) in [5.41, 5.74) is 6.87. The van der Waals surface area contributed by atoms with E-state index in [9.17, 15) is 4.79 Å². The molecule has 0 atom stereocenters. The van der Waals surface area contributed by atoms with Crippen molar-refractivity contribution >= 4 is 32.9 Å². The first-order valence-electron chi connectivity index (χ1n) is 11.6. The summed E-state index contributed by atoms with van der Waals surface area (Å²) in [7, 11) is 0. The molecule has 0 aliphatic heterocycles. The monoisotopic (exact) mass is 503 g/mol. The molecule has 0 aliphatic rings. The maximum absolute atomic E-state index is 12.3. The van der Waals surface area contributed by atoms with Crippen LogP contribution in [-0.2, 0) is 13.0 Å². The second kappa shape index (κ2) is 10.8. The van der Waals surface area contributed by atoms with Crippen LogP contribution >= 0.6 is 15.9 Å². The number of rotatable bonds is 9. The molecule has 4 nitrogen and oxygen atoms in total. The number of nitrogens with zero attached hydrogens (tertiary/aromatic N) is 2. The predicted octanol–water partition coefficient (Wildman–Crippen LogP) is 6.61. The lowest BCUT2D eigenvalue weighted by Gasteiger charge is -2.12. The highest BCUT2D eigenvalue weighted by molar-refractivity contribution is 9.10. The molecule has 33 heavy (non-hydrogen) atoms. The summed E-state index contributed by atoms with van der Waals surface area (Å²) in [4.78, 5) is 17.2. The fraction of sp³-hybridized carbons (Fsp3) is 0.286. The van der Waals surface area contributed by atoms with E-state index < -0.39 is 0 Å². The zero-order valence-corrected chi connectivity index (χ0v) is 20.9. The van der Waals surface area contributed by atoms with Gasteiger partial charge in [-0.2, -0.15) is 0 Å². The minimum absolute atomic E-state index is 0.0217. The first-order valence-corrected chi connectivity index (χ1v) is 12.3. The Balaban J connectivity index is 1.35. The van der Waals surface area contributed by atoms with E-state index in [4.69, 9.17) is 4.98 Å². The SMILES string of the molecule is Cc1ccc(C)c(Cn2c(CCCCCNC(=O)c3cccc(Br)c3)nc3ccccc32)c1. The molecular formula is C28H30BrN3O. The third kappa shape index (κ3) is 5.91. The van der Waals surface area contributed by atoms with Crippen molar-refractivity contribution in [2.45, 2.75) is 46.1 Å². The summed E-state index contributed by atoms with van der Waals surface area (Å²) in [6.45, 7) is 5.84. The lowest BCUT2D eigenvalue weighted by atomic mass is 10.1. The molecule has 4 aromatic rings. The molecule has 0 saturated heterocycles. The normalized spacial score (nSPS) is 11.1. The van der Waals surface area contributed by atoms with Crippen molar-refractivity contribution in [2.75, 3.05) is 6.54 Å². The zero-order chi connectivity index (χ0) is 23.2. The number of nitrogens with one attached hydrogen (secondary N) is 1. The molecule has 1 amide bonds. The van der Waals surface area contributed by atoms with Crippen LogP contribution in [0.25, 0.3) is 11.0 Å². The van der Waals surface area contributed by atoms with Gasteiger partial charge < -0.3 is 9.88 Å². The Labute approximate surface area is 204 Å². The number of carbonyl (C=O) groups excluding carboxylic acids is 1. The first kappa shape index (κ1) is 23.2. The van der Waals surface area contributed by atoms with Crippen LogP contribution in [0.3, 0.4) is 0 Å². The van der Waals surface area contributed by atoms with E-state index in [-0.39, 0.29) is 5.91 Å². The Morgan fingerprint density at radius 1 is 0.970 bits per heavy atom. The van der Waals surface area contributed by atoms with Gasteiger partial charge in [0.15, 0.2) is 0 Å². The molecule has 4 rings (SSSR count). The molecular weight excluding hydrogens is 474 g/mol. The van der Waals surface area contributed by atoms with Crippen LogP contribution in [0.1, 0.15) is 52.1 Å². The third-order valence-corrected chi connectivity index (χ3v) is 6.51. The highest BCUT2D eigenvalue weighted by atomic mass is 79.9. The average Bonchev–Trinajstić information content (AvgIpc) is 3.15. The van der Waals surface area contributed by atoms with Gasteiger partial charge in [0.2, 0.25) is 0 Å². The van der Waals surface area contributed by atoms with Crippen LogP contribution in [-0.4, -0.2) is 22.0 Å². The summed E-state index contributed by atoms with van der Waals surface area (Å²) in [5, 5.41) is 3.02. The van der Waals surface area contributed by atoms with Gasteiger partial charge in [0.1, 0.15) is 5.82 Å². The number of imidazole rings is 1. The summed E-state index contributed by atoms with van der Waals surface area (Å²) >= 11 is 3.41. The second-order valence-corrected chi connectivity index (χ2v) is 9.53.